The highest BCUT2D eigenvalue weighted by Crippen LogP contribution is 2.22. The molecule has 1 aliphatic heterocycles. The van der Waals surface area contributed by atoms with E-state index >= 15 is 0 Å². The van der Waals surface area contributed by atoms with E-state index in [0.29, 0.717) is 18.5 Å². The van der Waals surface area contributed by atoms with Crippen molar-refractivity contribution in [3.05, 3.63) is 70.9 Å². The smallest absolute Gasteiger partial charge is 0.325 e. The monoisotopic (exact) mass is 447 g/mol. The van der Waals surface area contributed by atoms with Crippen molar-refractivity contribution in [2.24, 2.45) is 5.73 Å². The zero-order chi connectivity index (χ0) is 23.5. The second-order valence-electron chi connectivity index (χ2n) is 8.69. The molecule has 8 nitrogen and oxygen atoms in total. The molecule has 4 amide bonds. The number of fused-ring (bicyclic) bond motifs is 1. The van der Waals surface area contributed by atoms with Gasteiger partial charge in [-0.2, -0.15) is 0 Å². The molecule has 0 radical (unpaired) electrons. The van der Waals surface area contributed by atoms with Gasteiger partial charge in [0.25, 0.3) is 11.8 Å². The van der Waals surface area contributed by atoms with Crippen LogP contribution in [0, 0.1) is 0 Å². The molecule has 0 bridgehead atoms. The molecule has 33 heavy (non-hydrogen) atoms. The summed E-state index contributed by atoms with van der Waals surface area (Å²) in [5.74, 6) is -0.454. The van der Waals surface area contributed by atoms with Gasteiger partial charge >= 0.3 is 6.03 Å². The molecule has 4 rings (SSSR count). The van der Waals surface area contributed by atoms with Crippen molar-refractivity contribution in [1.29, 1.82) is 0 Å². The van der Waals surface area contributed by atoms with Crippen LogP contribution in [0.2, 0.25) is 0 Å². The highest BCUT2D eigenvalue weighted by Gasteiger charge is 2.37. The number of aromatic nitrogens is 1. The van der Waals surface area contributed by atoms with Crippen molar-refractivity contribution in [2.75, 3.05) is 6.54 Å². The van der Waals surface area contributed by atoms with Crippen LogP contribution in [0.3, 0.4) is 0 Å². The molecule has 2 heterocycles. The van der Waals surface area contributed by atoms with Crippen molar-refractivity contribution in [1.82, 2.24) is 20.5 Å². The van der Waals surface area contributed by atoms with E-state index in [9.17, 15) is 14.4 Å². The first kappa shape index (κ1) is 22.5. The van der Waals surface area contributed by atoms with E-state index in [1.807, 2.05) is 32.2 Å². The van der Waals surface area contributed by atoms with Gasteiger partial charge in [0.2, 0.25) is 0 Å². The lowest BCUT2D eigenvalue weighted by atomic mass is 10.0. The third-order valence-corrected chi connectivity index (χ3v) is 5.74. The van der Waals surface area contributed by atoms with Gasteiger partial charge in [-0.1, -0.05) is 18.2 Å². The van der Waals surface area contributed by atoms with Gasteiger partial charge in [0.1, 0.15) is 6.04 Å². The molecule has 1 fully saturated rings. The van der Waals surface area contributed by atoms with Crippen molar-refractivity contribution >= 4 is 28.7 Å². The fraction of sp³-hybridized carbons (Fsp3) is 0.320. The number of nitrogens with zero attached hydrogens (tertiary/aromatic N) is 1. The Hall–Kier alpha value is -3.65. The summed E-state index contributed by atoms with van der Waals surface area (Å²) in [6, 6.07) is 12.0. The summed E-state index contributed by atoms with van der Waals surface area (Å²) < 4.78 is 0. The molecule has 172 valence electrons. The second kappa shape index (κ2) is 9.46. The third kappa shape index (κ3) is 4.90. The van der Waals surface area contributed by atoms with E-state index in [1.54, 1.807) is 24.3 Å². The predicted octanol–water partition coefficient (Wildman–Crippen LogP) is 2.47. The molecule has 0 aliphatic carbocycles. The number of carbonyl (C=O) groups is 3. The number of H-pyrrole nitrogens is 1. The lowest BCUT2D eigenvalue weighted by Gasteiger charge is -2.14. The number of hydrogen-bond acceptors (Lipinski definition) is 4. The molecule has 0 spiro atoms. The van der Waals surface area contributed by atoms with E-state index in [1.165, 1.54) is 4.90 Å². The Labute approximate surface area is 192 Å². The summed E-state index contributed by atoms with van der Waals surface area (Å²) in [4.78, 5) is 42.3. The van der Waals surface area contributed by atoms with Crippen LogP contribution in [0.4, 0.5) is 4.79 Å². The summed E-state index contributed by atoms with van der Waals surface area (Å²) in [5, 5.41) is 6.73. The zero-order valence-electron chi connectivity index (χ0n) is 18.9. The molecule has 5 N–H and O–H groups in total. The van der Waals surface area contributed by atoms with Crippen LogP contribution in [0.1, 0.15) is 40.9 Å². The maximum absolute atomic E-state index is 13.0. The number of amides is 4. The third-order valence-electron chi connectivity index (χ3n) is 5.74. The summed E-state index contributed by atoms with van der Waals surface area (Å²) in [6.45, 7) is 4.45. The normalized spacial score (nSPS) is 16.0. The number of rotatable bonds is 8. The SMILES string of the molecule is CC(C)NC(=O)c1cccc(CN2C(=O)NC(Cc3ccc4[nH]cc(CCN)c4c3)C2=O)c1. The minimum absolute atomic E-state index is 0.0183. The highest BCUT2D eigenvalue weighted by molar-refractivity contribution is 6.04. The number of nitrogens with one attached hydrogen (secondary N) is 3. The predicted molar refractivity (Wildman–Crippen MR) is 127 cm³/mol. The molecule has 0 saturated carbocycles. The van der Waals surface area contributed by atoms with E-state index in [4.69, 9.17) is 5.73 Å². The average molecular weight is 448 g/mol. The van der Waals surface area contributed by atoms with Gasteiger partial charge in [0.15, 0.2) is 0 Å². The molecular formula is C25H29N5O3. The van der Waals surface area contributed by atoms with Crippen molar-refractivity contribution in [3.63, 3.8) is 0 Å². The van der Waals surface area contributed by atoms with Crippen molar-refractivity contribution in [3.8, 4) is 0 Å². The van der Waals surface area contributed by atoms with Crippen LogP contribution in [0.15, 0.2) is 48.7 Å². The molecular weight excluding hydrogens is 418 g/mol. The van der Waals surface area contributed by atoms with E-state index in [2.05, 4.69) is 21.7 Å². The number of aromatic amines is 1. The van der Waals surface area contributed by atoms with Gasteiger partial charge in [0.05, 0.1) is 6.54 Å². The summed E-state index contributed by atoms with van der Waals surface area (Å²) in [6.07, 6.45) is 3.13. The zero-order valence-corrected chi connectivity index (χ0v) is 18.9. The quantitative estimate of drug-likeness (QED) is 0.397. The Kier molecular flexibility index (Phi) is 6.46. The van der Waals surface area contributed by atoms with E-state index in [0.717, 1.165) is 34.0 Å². The summed E-state index contributed by atoms with van der Waals surface area (Å²) >= 11 is 0. The van der Waals surface area contributed by atoms with Gasteiger partial charge in [-0.15, -0.1) is 0 Å². The van der Waals surface area contributed by atoms with Crippen LogP contribution in [-0.4, -0.2) is 46.4 Å². The molecule has 1 unspecified atom stereocenters. The van der Waals surface area contributed by atoms with Crippen LogP contribution >= 0.6 is 0 Å². The molecule has 2 aromatic carbocycles. The first-order valence-electron chi connectivity index (χ1n) is 11.2. The minimum Gasteiger partial charge on any atom is -0.361 e. The number of imide groups is 1. The average Bonchev–Trinajstić information content (AvgIpc) is 3.29. The van der Waals surface area contributed by atoms with E-state index < -0.39 is 12.1 Å². The number of hydrogen-bond donors (Lipinski definition) is 4. The Bertz CT molecular complexity index is 1200. The first-order chi connectivity index (χ1) is 15.9. The lowest BCUT2D eigenvalue weighted by Crippen LogP contribution is -2.32. The highest BCUT2D eigenvalue weighted by atomic mass is 16.2. The van der Waals surface area contributed by atoms with Crippen LogP contribution in [0.25, 0.3) is 10.9 Å². The van der Waals surface area contributed by atoms with E-state index in [-0.39, 0.29) is 24.4 Å². The molecule has 1 atom stereocenters. The van der Waals surface area contributed by atoms with Gasteiger partial charge in [0, 0.05) is 35.1 Å². The lowest BCUT2D eigenvalue weighted by molar-refractivity contribution is -0.127. The number of urea groups is 1. The summed E-state index contributed by atoms with van der Waals surface area (Å²) in [7, 11) is 0. The van der Waals surface area contributed by atoms with Crippen LogP contribution in [-0.2, 0) is 24.2 Å². The van der Waals surface area contributed by atoms with Crippen LogP contribution in [0.5, 0.6) is 0 Å². The Morgan fingerprint density at radius 1 is 1.15 bits per heavy atom. The number of benzene rings is 2. The molecule has 8 heteroatoms. The summed E-state index contributed by atoms with van der Waals surface area (Å²) in [5.41, 5.74) is 10.0. The fourth-order valence-electron chi connectivity index (χ4n) is 4.15. The number of nitrogens with two attached hydrogens (primary N) is 1. The van der Waals surface area contributed by atoms with Gasteiger partial charge < -0.3 is 21.4 Å². The molecule has 1 aromatic heterocycles. The number of carbonyl (C=O) groups excluding carboxylic acids is 3. The van der Waals surface area contributed by atoms with Crippen molar-refractivity contribution in [2.45, 2.75) is 45.3 Å². The molecule has 3 aromatic rings. The van der Waals surface area contributed by atoms with Crippen LogP contribution < -0.4 is 16.4 Å². The standard InChI is InChI=1S/C25H29N5O3/c1-15(2)28-23(31)18-5-3-4-17(10-18)14-30-24(32)22(29-25(30)33)12-16-6-7-21-20(11-16)19(8-9-26)13-27-21/h3-7,10-11,13,15,22,27H,8-9,12,14,26H2,1-2H3,(H,28,31)(H,29,33). The van der Waals surface area contributed by atoms with Gasteiger partial charge in [-0.3, -0.25) is 14.5 Å². The second-order valence-corrected chi connectivity index (χ2v) is 8.69. The Morgan fingerprint density at radius 2 is 1.97 bits per heavy atom. The van der Waals surface area contributed by atoms with Gasteiger partial charge in [-0.05, 0) is 67.8 Å². The Balaban J connectivity index is 1.47. The molecule has 1 saturated heterocycles. The maximum atomic E-state index is 13.0. The largest absolute Gasteiger partial charge is 0.361 e. The topological polar surface area (TPSA) is 120 Å². The first-order valence-corrected chi connectivity index (χ1v) is 11.2. The fourth-order valence-corrected chi connectivity index (χ4v) is 4.15. The van der Waals surface area contributed by atoms with Gasteiger partial charge in [-0.25, -0.2) is 4.79 Å². The maximum Gasteiger partial charge on any atom is 0.325 e. The minimum atomic E-state index is -0.626. The van der Waals surface area contributed by atoms with Crippen molar-refractivity contribution < 1.29 is 14.4 Å². The molecule has 1 aliphatic rings. The Morgan fingerprint density at radius 3 is 2.73 bits per heavy atom.